The number of anilines is 2. The van der Waals surface area contributed by atoms with Crippen molar-refractivity contribution in [1.29, 1.82) is 0 Å². The average Bonchev–Trinajstić information content (AvgIpc) is 2.73. The van der Waals surface area contributed by atoms with E-state index in [2.05, 4.69) is 92.1 Å². The molecule has 0 aliphatic rings. The average molecular weight is 410 g/mol. The molecule has 0 heterocycles. The van der Waals surface area contributed by atoms with Gasteiger partial charge in [0.2, 0.25) is 0 Å². The van der Waals surface area contributed by atoms with Gasteiger partial charge >= 0.3 is 0 Å². The first-order valence-corrected chi connectivity index (χ1v) is 11.3. The maximum atomic E-state index is 3.75. The third kappa shape index (κ3) is 4.83. The van der Waals surface area contributed by atoms with Gasteiger partial charge in [0.1, 0.15) is 0 Å². The van der Waals surface area contributed by atoms with E-state index in [4.69, 9.17) is 0 Å². The standard InChI is InChI=1S/C27H43N3/c1-15(30-27-24(10)20(6)17(3)21(7)25(27)11)14-28-12-13-29-26-22(8)18(4)16(2)19(5)23(26)9/h15,28-30H,12-14H2,1-11H3. The molecule has 3 N–H and O–H groups in total. The molecule has 166 valence electrons. The summed E-state index contributed by atoms with van der Waals surface area (Å²) in [5.74, 6) is 0. The molecule has 2 aromatic rings. The normalized spacial score (nSPS) is 12.2. The Morgan fingerprint density at radius 1 is 0.500 bits per heavy atom. The minimum Gasteiger partial charge on any atom is -0.383 e. The topological polar surface area (TPSA) is 36.1 Å². The third-order valence-corrected chi connectivity index (χ3v) is 7.44. The molecule has 0 fully saturated rings. The van der Waals surface area contributed by atoms with Crippen molar-refractivity contribution < 1.29 is 0 Å². The van der Waals surface area contributed by atoms with Gasteiger partial charge in [-0.25, -0.2) is 0 Å². The van der Waals surface area contributed by atoms with Crippen molar-refractivity contribution in [3.63, 3.8) is 0 Å². The van der Waals surface area contributed by atoms with Crippen LogP contribution in [0.25, 0.3) is 0 Å². The second-order valence-electron chi connectivity index (χ2n) is 9.18. The smallest absolute Gasteiger partial charge is 0.0407 e. The molecule has 0 bridgehead atoms. The highest BCUT2D eigenvalue weighted by Gasteiger charge is 2.14. The van der Waals surface area contributed by atoms with Crippen LogP contribution in [0.2, 0.25) is 0 Å². The minimum absolute atomic E-state index is 0.372. The van der Waals surface area contributed by atoms with Gasteiger partial charge in [-0.15, -0.1) is 0 Å². The first-order valence-electron chi connectivity index (χ1n) is 11.3. The van der Waals surface area contributed by atoms with E-state index in [1.807, 2.05) is 0 Å². The van der Waals surface area contributed by atoms with Gasteiger partial charge < -0.3 is 16.0 Å². The second kappa shape index (κ2) is 9.87. The molecule has 0 radical (unpaired) electrons. The van der Waals surface area contributed by atoms with Gasteiger partial charge in [0.25, 0.3) is 0 Å². The predicted molar refractivity (Wildman–Crippen MR) is 135 cm³/mol. The summed E-state index contributed by atoms with van der Waals surface area (Å²) < 4.78 is 0. The molecule has 0 aliphatic heterocycles. The molecule has 0 spiro atoms. The van der Waals surface area contributed by atoms with E-state index in [0.717, 1.165) is 19.6 Å². The first kappa shape index (κ1) is 24.3. The van der Waals surface area contributed by atoms with Crippen molar-refractivity contribution in [2.75, 3.05) is 30.3 Å². The van der Waals surface area contributed by atoms with E-state index in [1.165, 1.54) is 67.0 Å². The predicted octanol–water partition coefficient (Wildman–Crippen LogP) is 6.27. The van der Waals surface area contributed by atoms with Crippen LogP contribution in [0.5, 0.6) is 0 Å². The van der Waals surface area contributed by atoms with Crippen LogP contribution in [-0.4, -0.2) is 25.7 Å². The molecule has 2 aromatic carbocycles. The summed E-state index contributed by atoms with van der Waals surface area (Å²) in [6, 6.07) is 0.372. The van der Waals surface area contributed by atoms with Crippen LogP contribution in [-0.2, 0) is 0 Å². The van der Waals surface area contributed by atoms with Gasteiger partial charge in [-0.2, -0.15) is 0 Å². The highest BCUT2D eigenvalue weighted by Crippen LogP contribution is 2.31. The van der Waals surface area contributed by atoms with Gasteiger partial charge in [-0.1, -0.05) is 0 Å². The van der Waals surface area contributed by atoms with Gasteiger partial charge in [0.15, 0.2) is 0 Å². The van der Waals surface area contributed by atoms with Crippen molar-refractivity contribution in [1.82, 2.24) is 5.32 Å². The van der Waals surface area contributed by atoms with Gasteiger partial charge in [-0.3, -0.25) is 0 Å². The van der Waals surface area contributed by atoms with Crippen LogP contribution in [0.1, 0.15) is 62.6 Å². The quantitative estimate of drug-likeness (QED) is 0.450. The lowest BCUT2D eigenvalue weighted by Crippen LogP contribution is -2.34. The fourth-order valence-corrected chi connectivity index (χ4v) is 4.37. The number of hydrogen-bond donors (Lipinski definition) is 3. The Balaban J connectivity index is 1.91. The van der Waals surface area contributed by atoms with Gasteiger partial charge in [0.05, 0.1) is 0 Å². The lowest BCUT2D eigenvalue weighted by Gasteiger charge is -2.24. The number of rotatable bonds is 8. The Labute approximate surface area is 185 Å². The van der Waals surface area contributed by atoms with Crippen molar-refractivity contribution in [3.8, 4) is 0 Å². The van der Waals surface area contributed by atoms with Crippen LogP contribution in [0.15, 0.2) is 0 Å². The highest BCUT2D eigenvalue weighted by atomic mass is 15.0. The van der Waals surface area contributed by atoms with Crippen LogP contribution in [0, 0.1) is 69.2 Å². The summed E-state index contributed by atoms with van der Waals surface area (Å²) in [5.41, 5.74) is 16.6. The van der Waals surface area contributed by atoms with Crippen molar-refractivity contribution in [2.24, 2.45) is 0 Å². The number of benzene rings is 2. The second-order valence-corrected chi connectivity index (χ2v) is 9.18. The van der Waals surface area contributed by atoms with Gasteiger partial charge in [-0.05, 0) is 132 Å². The summed E-state index contributed by atoms with van der Waals surface area (Å²) in [6.07, 6.45) is 0. The molecular formula is C27H43N3. The Morgan fingerprint density at radius 3 is 1.30 bits per heavy atom. The molecule has 0 aromatic heterocycles. The van der Waals surface area contributed by atoms with Crippen LogP contribution in [0.3, 0.4) is 0 Å². The number of nitrogens with one attached hydrogen (secondary N) is 3. The van der Waals surface area contributed by atoms with E-state index >= 15 is 0 Å². The summed E-state index contributed by atoms with van der Waals surface area (Å²) in [4.78, 5) is 0. The van der Waals surface area contributed by atoms with E-state index in [-0.39, 0.29) is 0 Å². The zero-order chi connectivity index (χ0) is 22.7. The molecule has 30 heavy (non-hydrogen) atoms. The van der Waals surface area contributed by atoms with Crippen LogP contribution >= 0.6 is 0 Å². The number of hydrogen-bond acceptors (Lipinski definition) is 3. The zero-order valence-corrected chi connectivity index (χ0v) is 21.2. The Kier molecular flexibility index (Phi) is 7.99. The fourth-order valence-electron chi connectivity index (χ4n) is 4.37. The Morgan fingerprint density at radius 2 is 0.867 bits per heavy atom. The van der Waals surface area contributed by atoms with Crippen LogP contribution in [0.4, 0.5) is 11.4 Å². The summed E-state index contributed by atoms with van der Waals surface area (Å²) in [7, 11) is 0. The maximum Gasteiger partial charge on any atom is 0.0407 e. The zero-order valence-electron chi connectivity index (χ0n) is 21.2. The largest absolute Gasteiger partial charge is 0.383 e. The third-order valence-electron chi connectivity index (χ3n) is 7.44. The van der Waals surface area contributed by atoms with Crippen LogP contribution < -0.4 is 16.0 Å². The molecule has 3 heteroatoms. The fraction of sp³-hybridized carbons (Fsp3) is 0.556. The lowest BCUT2D eigenvalue weighted by atomic mass is 9.92. The molecule has 1 atom stereocenters. The van der Waals surface area contributed by atoms with E-state index in [1.54, 1.807) is 0 Å². The van der Waals surface area contributed by atoms with E-state index in [9.17, 15) is 0 Å². The summed E-state index contributed by atoms with van der Waals surface area (Å²) >= 11 is 0. The first-order chi connectivity index (χ1) is 14.0. The minimum atomic E-state index is 0.372. The molecule has 0 aliphatic carbocycles. The molecule has 0 amide bonds. The van der Waals surface area contributed by atoms with Crippen molar-refractivity contribution in [3.05, 3.63) is 55.6 Å². The molecule has 2 rings (SSSR count). The Bertz CT molecular complexity index is 867. The molecule has 1 unspecified atom stereocenters. The summed E-state index contributed by atoms with van der Waals surface area (Å²) in [5, 5.41) is 11.0. The van der Waals surface area contributed by atoms with Crippen molar-refractivity contribution >= 4 is 11.4 Å². The maximum absolute atomic E-state index is 3.75. The summed E-state index contributed by atoms with van der Waals surface area (Å²) in [6.45, 7) is 27.4. The van der Waals surface area contributed by atoms with Gasteiger partial charge in [0, 0.05) is 37.1 Å². The Hall–Kier alpha value is -2.00. The SMILES string of the molecule is Cc1c(C)c(C)c(NCCNCC(C)Nc2c(C)c(C)c(C)c(C)c2C)c(C)c1C. The van der Waals surface area contributed by atoms with E-state index in [0.29, 0.717) is 6.04 Å². The van der Waals surface area contributed by atoms with Crippen molar-refractivity contribution in [2.45, 2.75) is 82.2 Å². The molecule has 0 saturated heterocycles. The molecule has 0 saturated carbocycles. The highest BCUT2D eigenvalue weighted by molar-refractivity contribution is 5.65. The molecule has 3 nitrogen and oxygen atoms in total. The lowest BCUT2D eigenvalue weighted by molar-refractivity contribution is 0.642. The van der Waals surface area contributed by atoms with E-state index < -0.39 is 0 Å². The monoisotopic (exact) mass is 409 g/mol. The molecular weight excluding hydrogens is 366 g/mol.